The third-order valence-corrected chi connectivity index (χ3v) is 2.89. The molecule has 1 atom stereocenters. The third kappa shape index (κ3) is 3.47. The molecule has 2 N–H and O–H groups in total. The van der Waals surface area contributed by atoms with E-state index < -0.39 is 0 Å². The zero-order valence-corrected chi connectivity index (χ0v) is 11.2. The smallest absolute Gasteiger partial charge is 0.122 e. The Balaban J connectivity index is 2.99. The molecule has 1 aromatic rings. The van der Waals surface area contributed by atoms with Crippen LogP contribution in [-0.2, 0) is 0 Å². The lowest BCUT2D eigenvalue weighted by Crippen LogP contribution is -2.12. The normalized spacial score (nSPS) is 12.2. The van der Waals surface area contributed by atoms with Crippen molar-refractivity contribution in [3.8, 4) is 5.75 Å². The van der Waals surface area contributed by atoms with Gasteiger partial charge in [0.2, 0.25) is 0 Å². The molecule has 0 amide bonds. The van der Waals surface area contributed by atoms with Crippen molar-refractivity contribution >= 4 is 33.1 Å². The van der Waals surface area contributed by atoms with Crippen LogP contribution in [-0.4, -0.2) is 12.1 Å². The lowest BCUT2D eigenvalue weighted by molar-refractivity contribution is 0.407. The summed E-state index contributed by atoms with van der Waals surface area (Å²) < 4.78 is 6.33. The molecule has 2 nitrogen and oxygen atoms in total. The van der Waals surface area contributed by atoms with E-state index in [-0.39, 0.29) is 5.92 Å². The average molecular weight is 288 g/mol. The molecule has 0 aliphatic carbocycles. The first-order chi connectivity index (χ1) is 7.04. The van der Waals surface area contributed by atoms with Crippen molar-refractivity contribution in [1.82, 2.24) is 0 Å². The molecule has 4 heteroatoms. The molecule has 0 aliphatic rings. The van der Waals surface area contributed by atoms with Gasteiger partial charge in [-0.1, -0.05) is 35.1 Å². The van der Waals surface area contributed by atoms with E-state index in [0.717, 1.165) is 15.8 Å². The van der Waals surface area contributed by atoms with Gasteiger partial charge >= 0.3 is 0 Å². The van der Waals surface area contributed by atoms with E-state index in [2.05, 4.69) is 22.9 Å². The maximum Gasteiger partial charge on any atom is 0.122 e. The number of nitrogens with two attached hydrogens (primary N) is 1. The lowest BCUT2D eigenvalue weighted by atomic mass is 9.97. The lowest BCUT2D eigenvalue weighted by Gasteiger charge is -2.15. The maximum absolute atomic E-state index is 5.54. The summed E-state index contributed by atoms with van der Waals surface area (Å²) in [7, 11) is 1.67. The Morgan fingerprint density at radius 1 is 1.60 bits per heavy atom. The van der Waals surface area contributed by atoms with E-state index in [1.165, 1.54) is 0 Å². The molecule has 1 rings (SSSR count). The Labute approximate surface area is 104 Å². The molecule has 0 heterocycles. The van der Waals surface area contributed by atoms with Gasteiger partial charge in [-0.25, -0.2) is 0 Å². The summed E-state index contributed by atoms with van der Waals surface area (Å²) in [6, 6.07) is 5.94. The predicted octanol–water partition coefficient (Wildman–Crippen LogP) is 3.24. The summed E-state index contributed by atoms with van der Waals surface area (Å²) in [4.78, 5) is 0.532. The summed E-state index contributed by atoms with van der Waals surface area (Å²) in [5.41, 5.74) is 6.66. The average Bonchev–Trinajstić information content (AvgIpc) is 2.16. The van der Waals surface area contributed by atoms with E-state index in [0.29, 0.717) is 11.4 Å². The third-order valence-electron chi connectivity index (χ3n) is 2.23. The summed E-state index contributed by atoms with van der Waals surface area (Å²) in [5, 5.41) is 0. The molecule has 0 radical (unpaired) electrons. The number of halogens is 1. The van der Waals surface area contributed by atoms with Gasteiger partial charge < -0.3 is 10.5 Å². The van der Waals surface area contributed by atoms with Crippen molar-refractivity contribution in [2.45, 2.75) is 19.3 Å². The van der Waals surface area contributed by atoms with Crippen molar-refractivity contribution in [2.24, 2.45) is 5.73 Å². The second-order valence-corrected chi connectivity index (χ2v) is 4.90. The molecule has 0 aromatic heterocycles. The number of methoxy groups -OCH3 is 1. The van der Waals surface area contributed by atoms with Gasteiger partial charge in [-0.15, -0.1) is 0 Å². The molecule has 0 spiro atoms. The van der Waals surface area contributed by atoms with Gasteiger partial charge in [0.05, 0.1) is 12.1 Å². The first kappa shape index (κ1) is 12.5. The standard InChI is InChI=1S/C11H14BrNOS/c1-7(5-11(13)15)9-6-8(12)3-4-10(9)14-2/h3-4,6-7H,5H2,1-2H3,(H2,13,15). The summed E-state index contributed by atoms with van der Waals surface area (Å²) in [5.74, 6) is 1.15. The van der Waals surface area contributed by atoms with Crippen LogP contribution in [0, 0.1) is 0 Å². The number of rotatable bonds is 4. The molecule has 15 heavy (non-hydrogen) atoms. The quantitative estimate of drug-likeness (QED) is 0.864. The van der Waals surface area contributed by atoms with E-state index in [1.807, 2.05) is 18.2 Å². The minimum absolute atomic E-state index is 0.273. The van der Waals surface area contributed by atoms with Gasteiger partial charge in [-0.2, -0.15) is 0 Å². The zero-order chi connectivity index (χ0) is 11.4. The van der Waals surface area contributed by atoms with Crippen molar-refractivity contribution in [3.05, 3.63) is 28.2 Å². The van der Waals surface area contributed by atoms with Crippen LogP contribution in [0.2, 0.25) is 0 Å². The second kappa shape index (κ2) is 5.47. The molecule has 82 valence electrons. The van der Waals surface area contributed by atoms with Crippen LogP contribution in [0.1, 0.15) is 24.8 Å². The Morgan fingerprint density at radius 2 is 2.27 bits per heavy atom. The van der Waals surface area contributed by atoms with Crippen LogP contribution in [0.25, 0.3) is 0 Å². The fourth-order valence-corrected chi connectivity index (χ4v) is 2.13. The Hall–Kier alpha value is -0.610. The molecule has 1 aromatic carbocycles. The molecule has 0 fully saturated rings. The molecule has 1 unspecified atom stereocenters. The van der Waals surface area contributed by atoms with Gasteiger partial charge in [0.15, 0.2) is 0 Å². The van der Waals surface area contributed by atoms with Gasteiger partial charge in [-0.05, 0) is 29.7 Å². The van der Waals surface area contributed by atoms with E-state index in [4.69, 9.17) is 22.7 Å². The van der Waals surface area contributed by atoms with Crippen molar-refractivity contribution < 1.29 is 4.74 Å². The molecule has 0 bridgehead atoms. The monoisotopic (exact) mass is 287 g/mol. The van der Waals surface area contributed by atoms with Gasteiger partial charge in [0, 0.05) is 10.9 Å². The highest BCUT2D eigenvalue weighted by Crippen LogP contribution is 2.31. The highest BCUT2D eigenvalue weighted by Gasteiger charge is 2.12. The van der Waals surface area contributed by atoms with E-state index in [9.17, 15) is 0 Å². The summed E-state index contributed by atoms with van der Waals surface area (Å²) in [6.45, 7) is 2.09. The number of hydrogen-bond donors (Lipinski definition) is 1. The fraction of sp³-hybridized carbons (Fsp3) is 0.364. The summed E-state index contributed by atoms with van der Waals surface area (Å²) >= 11 is 8.35. The number of hydrogen-bond acceptors (Lipinski definition) is 2. The Kier molecular flexibility index (Phi) is 4.54. The largest absolute Gasteiger partial charge is 0.496 e. The molecule has 0 saturated carbocycles. The number of thiocarbonyl (C=S) groups is 1. The predicted molar refractivity (Wildman–Crippen MR) is 70.5 cm³/mol. The van der Waals surface area contributed by atoms with E-state index >= 15 is 0 Å². The van der Waals surface area contributed by atoms with Crippen molar-refractivity contribution in [3.63, 3.8) is 0 Å². The Bertz CT molecular complexity index is 368. The van der Waals surface area contributed by atoms with Crippen LogP contribution < -0.4 is 10.5 Å². The SMILES string of the molecule is COc1ccc(Br)cc1C(C)CC(N)=S. The second-order valence-electron chi connectivity index (χ2n) is 3.46. The highest BCUT2D eigenvalue weighted by molar-refractivity contribution is 9.10. The van der Waals surface area contributed by atoms with Gasteiger partial charge in [0.1, 0.15) is 5.75 Å². The van der Waals surface area contributed by atoms with Crippen LogP contribution in [0.3, 0.4) is 0 Å². The highest BCUT2D eigenvalue weighted by atomic mass is 79.9. The van der Waals surface area contributed by atoms with Crippen LogP contribution in [0.5, 0.6) is 5.75 Å². The molecule has 0 aliphatic heterocycles. The van der Waals surface area contributed by atoms with Crippen LogP contribution >= 0.6 is 28.1 Å². The van der Waals surface area contributed by atoms with E-state index in [1.54, 1.807) is 7.11 Å². The number of ether oxygens (including phenoxy) is 1. The maximum atomic E-state index is 5.54. The van der Waals surface area contributed by atoms with Crippen LogP contribution in [0.4, 0.5) is 0 Å². The molecule has 0 saturated heterocycles. The van der Waals surface area contributed by atoms with Crippen molar-refractivity contribution in [1.29, 1.82) is 0 Å². The topological polar surface area (TPSA) is 35.2 Å². The molecular weight excluding hydrogens is 274 g/mol. The fourth-order valence-electron chi connectivity index (χ4n) is 1.50. The first-order valence-electron chi connectivity index (χ1n) is 4.66. The van der Waals surface area contributed by atoms with Crippen LogP contribution in [0.15, 0.2) is 22.7 Å². The Morgan fingerprint density at radius 3 is 2.80 bits per heavy atom. The minimum Gasteiger partial charge on any atom is -0.496 e. The van der Waals surface area contributed by atoms with Gasteiger partial charge in [-0.3, -0.25) is 0 Å². The summed E-state index contributed by atoms with van der Waals surface area (Å²) in [6.07, 6.45) is 0.697. The van der Waals surface area contributed by atoms with Gasteiger partial charge in [0.25, 0.3) is 0 Å². The minimum atomic E-state index is 0.273. The molecular formula is C11H14BrNOS. The number of benzene rings is 1. The first-order valence-corrected chi connectivity index (χ1v) is 5.86. The zero-order valence-electron chi connectivity index (χ0n) is 8.79. The van der Waals surface area contributed by atoms with Crippen molar-refractivity contribution in [2.75, 3.05) is 7.11 Å².